The van der Waals surface area contributed by atoms with Crippen LogP contribution in [0.4, 0.5) is 0 Å². The zero-order chi connectivity index (χ0) is 13.9. The average Bonchev–Trinajstić information content (AvgIpc) is 3.09. The van der Waals surface area contributed by atoms with Crippen molar-refractivity contribution in [3.05, 3.63) is 17.5 Å². The zero-order valence-electron chi connectivity index (χ0n) is 10.8. The number of carbonyl (C=O) groups excluding carboxylic acids is 1. The van der Waals surface area contributed by atoms with Crippen LogP contribution < -0.4 is 0 Å². The zero-order valence-corrected chi connectivity index (χ0v) is 11.7. The third kappa shape index (κ3) is 2.86. The lowest BCUT2D eigenvalue weighted by molar-refractivity contribution is -0.134. The van der Waals surface area contributed by atoms with Gasteiger partial charge in [-0.1, -0.05) is 6.07 Å². The molecule has 0 aromatic carbocycles. The Morgan fingerprint density at radius 3 is 2.95 bits per heavy atom. The summed E-state index contributed by atoms with van der Waals surface area (Å²) in [7, 11) is 0. The molecule has 1 saturated heterocycles. The Labute approximate surface area is 119 Å². The van der Waals surface area contributed by atoms with Crippen molar-refractivity contribution in [2.24, 2.45) is 0 Å². The Morgan fingerprint density at radius 2 is 2.25 bits per heavy atom. The summed E-state index contributed by atoms with van der Waals surface area (Å²) in [5.74, 6) is 0.508. The molecule has 2 aromatic rings. The topological polar surface area (TPSA) is 84.1 Å². The number of hydrogen-bond acceptors (Lipinski definition) is 6. The molecule has 1 amide bonds. The van der Waals surface area contributed by atoms with Crippen LogP contribution in [-0.4, -0.2) is 55.3 Å². The van der Waals surface area contributed by atoms with Crippen LogP contribution in [0.25, 0.3) is 10.7 Å². The lowest BCUT2D eigenvalue weighted by Gasteiger charge is -2.29. The van der Waals surface area contributed by atoms with Crippen LogP contribution in [0.5, 0.6) is 0 Å². The number of hydrogen-bond donors (Lipinski definition) is 1. The first-order valence-corrected chi connectivity index (χ1v) is 7.38. The first kappa shape index (κ1) is 13.2. The highest BCUT2D eigenvalue weighted by Gasteiger charge is 2.22. The van der Waals surface area contributed by atoms with Gasteiger partial charge in [-0.15, -0.1) is 21.5 Å². The van der Waals surface area contributed by atoms with Crippen molar-refractivity contribution >= 4 is 17.2 Å². The lowest BCUT2D eigenvalue weighted by atomic mass is 10.1. The van der Waals surface area contributed by atoms with Crippen LogP contribution in [0.2, 0.25) is 0 Å². The number of aliphatic hydroxyl groups is 1. The highest BCUT2D eigenvalue weighted by molar-refractivity contribution is 7.13. The molecule has 106 valence electrons. The Balaban J connectivity index is 1.62. The number of nitrogens with zero attached hydrogens (tertiary/aromatic N) is 5. The summed E-state index contributed by atoms with van der Waals surface area (Å²) in [5, 5.41) is 23.4. The maximum absolute atomic E-state index is 12.1. The number of carbonyl (C=O) groups is 1. The number of aromatic nitrogens is 4. The van der Waals surface area contributed by atoms with E-state index in [-0.39, 0.29) is 18.6 Å². The summed E-state index contributed by atoms with van der Waals surface area (Å²) in [6.45, 7) is 1.27. The number of likely N-dealkylation sites (tertiary alicyclic amines) is 1. The molecule has 0 saturated carbocycles. The molecule has 0 bridgehead atoms. The van der Waals surface area contributed by atoms with Gasteiger partial charge >= 0.3 is 0 Å². The minimum absolute atomic E-state index is 0.0352. The number of rotatable bonds is 3. The van der Waals surface area contributed by atoms with E-state index in [2.05, 4.69) is 15.4 Å². The number of thiophene rings is 1. The summed E-state index contributed by atoms with van der Waals surface area (Å²) >= 11 is 1.54. The van der Waals surface area contributed by atoms with E-state index in [1.54, 1.807) is 4.90 Å². The van der Waals surface area contributed by atoms with Crippen LogP contribution in [0.1, 0.15) is 12.8 Å². The summed E-state index contributed by atoms with van der Waals surface area (Å²) < 4.78 is 0. The van der Waals surface area contributed by atoms with Gasteiger partial charge in [0.05, 0.1) is 11.0 Å². The second kappa shape index (κ2) is 5.68. The molecular formula is C12H15N5O2S. The van der Waals surface area contributed by atoms with E-state index in [0.29, 0.717) is 31.8 Å². The van der Waals surface area contributed by atoms with E-state index in [1.807, 2.05) is 17.5 Å². The Bertz CT molecular complexity index is 574. The molecule has 1 aliphatic rings. The Hall–Kier alpha value is -1.80. The highest BCUT2D eigenvalue weighted by Crippen LogP contribution is 2.19. The Kier molecular flexibility index (Phi) is 3.75. The molecule has 1 N–H and O–H groups in total. The molecule has 0 spiro atoms. The molecule has 20 heavy (non-hydrogen) atoms. The van der Waals surface area contributed by atoms with Gasteiger partial charge in [-0.05, 0) is 29.5 Å². The second-order valence-electron chi connectivity index (χ2n) is 4.73. The molecular weight excluding hydrogens is 278 g/mol. The monoisotopic (exact) mass is 293 g/mol. The van der Waals surface area contributed by atoms with Crippen molar-refractivity contribution in [3.8, 4) is 10.7 Å². The van der Waals surface area contributed by atoms with E-state index >= 15 is 0 Å². The fourth-order valence-corrected chi connectivity index (χ4v) is 2.80. The molecule has 8 heteroatoms. The third-order valence-electron chi connectivity index (χ3n) is 3.29. The van der Waals surface area contributed by atoms with E-state index in [1.165, 1.54) is 16.1 Å². The largest absolute Gasteiger partial charge is 0.393 e. The SMILES string of the molecule is O=C(Cn1nnc(-c2cccs2)n1)N1CCC(O)CC1. The molecule has 7 nitrogen and oxygen atoms in total. The van der Waals surface area contributed by atoms with Crippen molar-refractivity contribution in [3.63, 3.8) is 0 Å². The van der Waals surface area contributed by atoms with Gasteiger partial charge in [0.2, 0.25) is 11.7 Å². The van der Waals surface area contributed by atoms with Crippen molar-refractivity contribution in [1.82, 2.24) is 25.1 Å². The molecule has 0 aliphatic carbocycles. The van der Waals surface area contributed by atoms with Gasteiger partial charge in [-0.3, -0.25) is 4.79 Å². The molecule has 0 atom stereocenters. The first-order chi connectivity index (χ1) is 9.72. The predicted octanol–water partition coefficient (Wildman–Crippen LogP) is 0.385. The molecule has 1 fully saturated rings. The van der Waals surface area contributed by atoms with Gasteiger partial charge in [-0.25, -0.2) is 0 Å². The maximum Gasteiger partial charge on any atom is 0.246 e. The predicted molar refractivity (Wildman–Crippen MR) is 73.0 cm³/mol. The van der Waals surface area contributed by atoms with E-state index in [4.69, 9.17) is 0 Å². The smallest absolute Gasteiger partial charge is 0.246 e. The lowest BCUT2D eigenvalue weighted by Crippen LogP contribution is -2.41. The van der Waals surface area contributed by atoms with E-state index in [9.17, 15) is 9.90 Å². The summed E-state index contributed by atoms with van der Waals surface area (Å²) in [4.78, 5) is 16.1. The van der Waals surface area contributed by atoms with Gasteiger partial charge in [0, 0.05) is 13.1 Å². The Morgan fingerprint density at radius 1 is 1.45 bits per heavy atom. The van der Waals surface area contributed by atoms with Crippen LogP contribution in [-0.2, 0) is 11.3 Å². The molecule has 3 rings (SSSR count). The molecule has 1 aliphatic heterocycles. The molecule has 0 radical (unpaired) electrons. The molecule has 0 unspecified atom stereocenters. The number of piperidine rings is 1. The van der Waals surface area contributed by atoms with Crippen molar-refractivity contribution in [2.75, 3.05) is 13.1 Å². The number of amides is 1. The van der Waals surface area contributed by atoms with Crippen LogP contribution in [0.3, 0.4) is 0 Å². The quantitative estimate of drug-likeness (QED) is 0.884. The maximum atomic E-state index is 12.1. The first-order valence-electron chi connectivity index (χ1n) is 6.50. The minimum atomic E-state index is -0.283. The van der Waals surface area contributed by atoms with Gasteiger partial charge in [-0.2, -0.15) is 4.80 Å². The fraction of sp³-hybridized carbons (Fsp3) is 0.500. The standard InChI is InChI=1S/C12H15N5O2S/c18-9-3-5-16(6-4-9)11(19)8-17-14-12(13-15-17)10-2-1-7-20-10/h1-2,7,9,18H,3-6,8H2. The number of tetrazole rings is 1. The average molecular weight is 293 g/mol. The van der Waals surface area contributed by atoms with Crippen molar-refractivity contribution < 1.29 is 9.90 Å². The highest BCUT2D eigenvalue weighted by atomic mass is 32.1. The summed E-state index contributed by atoms with van der Waals surface area (Å²) in [6, 6.07) is 3.84. The van der Waals surface area contributed by atoms with Crippen molar-refractivity contribution in [1.29, 1.82) is 0 Å². The van der Waals surface area contributed by atoms with Gasteiger partial charge in [0.1, 0.15) is 6.54 Å². The van der Waals surface area contributed by atoms with Crippen LogP contribution >= 0.6 is 11.3 Å². The van der Waals surface area contributed by atoms with Crippen molar-refractivity contribution in [2.45, 2.75) is 25.5 Å². The molecule has 2 aromatic heterocycles. The minimum Gasteiger partial charge on any atom is -0.393 e. The number of aliphatic hydroxyl groups excluding tert-OH is 1. The van der Waals surface area contributed by atoms with Gasteiger partial charge in [0.15, 0.2) is 0 Å². The van der Waals surface area contributed by atoms with Crippen LogP contribution in [0, 0.1) is 0 Å². The summed E-state index contributed by atoms with van der Waals surface area (Å²) in [5.41, 5.74) is 0. The fourth-order valence-electron chi connectivity index (χ4n) is 2.15. The van der Waals surface area contributed by atoms with Gasteiger partial charge < -0.3 is 10.0 Å². The van der Waals surface area contributed by atoms with E-state index < -0.39 is 0 Å². The summed E-state index contributed by atoms with van der Waals surface area (Å²) in [6.07, 6.45) is 0.988. The third-order valence-corrected chi connectivity index (χ3v) is 4.15. The van der Waals surface area contributed by atoms with Crippen LogP contribution in [0.15, 0.2) is 17.5 Å². The van der Waals surface area contributed by atoms with E-state index in [0.717, 1.165) is 4.88 Å². The molecule has 3 heterocycles. The second-order valence-corrected chi connectivity index (χ2v) is 5.68. The normalized spacial score (nSPS) is 16.6. The van der Waals surface area contributed by atoms with Gasteiger partial charge in [0.25, 0.3) is 0 Å².